The van der Waals surface area contributed by atoms with Crippen molar-refractivity contribution >= 4 is 29.1 Å². The molecule has 192 valence electrons. The summed E-state index contributed by atoms with van der Waals surface area (Å²) < 4.78 is 13.3. The topological polar surface area (TPSA) is 69.9 Å². The molecular weight excluding hydrogens is 496 g/mol. The summed E-state index contributed by atoms with van der Waals surface area (Å²) in [5.74, 6) is 0.307. The number of carbonyl (C=O) groups is 1. The third kappa shape index (κ3) is 5.10. The lowest BCUT2D eigenvalue weighted by molar-refractivity contribution is -0.138. The minimum Gasteiger partial charge on any atom is -0.494 e. The van der Waals surface area contributed by atoms with Crippen LogP contribution in [0.5, 0.6) is 5.75 Å². The van der Waals surface area contributed by atoms with E-state index >= 15 is 0 Å². The summed E-state index contributed by atoms with van der Waals surface area (Å²) >= 11 is 1.31. The maximum atomic E-state index is 13.9. The SMILES string of the molecule is CCCOc1ccc(/C=c2\sc3n(c2=O)[C@H](c2ccccc2)C(C(=O)OCC)=C(c2ccccc2)N=3)cc1. The van der Waals surface area contributed by atoms with E-state index in [4.69, 9.17) is 14.5 Å². The molecule has 6 nitrogen and oxygen atoms in total. The average molecular weight is 525 g/mol. The fourth-order valence-electron chi connectivity index (χ4n) is 4.42. The molecule has 0 aliphatic carbocycles. The Bertz CT molecular complexity index is 1640. The molecule has 1 aliphatic rings. The molecule has 0 N–H and O–H groups in total. The van der Waals surface area contributed by atoms with Gasteiger partial charge in [-0.15, -0.1) is 0 Å². The normalized spacial score (nSPS) is 15.1. The monoisotopic (exact) mass is 524 g/mol. The van der Waals surface area contributed by atoms with Gasteiger partial charge < -0.3 is 9.47 Å². The zero-order chi connectivity index (χ0) is 26.5. The van der Waals surface area contributed by atoms with Gasteiger partial charge in [0, 0.05) is 5.56 Å². The maximum Gasteiger partial charge on any atom is 0.338 e. The lowest BCUT2D eigenvalue weighted by atomic mass is 9.93. The number of esters is 1. The maximum absolute atomic E-state index is 13.9. The van der Waals surface area contributed by atoms with Crippen LogP contribution in [0.3, 0.4) is 0 Å². The molecular formula is C31H28N2O4S. The zero-order valence-electron chi connectivity index (χ0n) is 21.3. The molecule has 1 aromatic heterocycles. The Kier molecular flexibility index (Phi) is 7.65. The first-order valence-corrected chi connectivity index (χ1v) is 13.5. The van der Waals surface area contributed by atoms with Gasteiger partial charge in [-0.1, -0.05) is 91.1 Å². The van der Waals surface area contributed by atoms with Crippen molar-refractivity contribution in [3.63, 3.8) is 0 Å². The van der Waals surface area contributed by atoms with Crippen LogP contribution >= 0.6 is 11.3 Å². The predicted octanol–water partition coefficient (Wildman–Crippen LogP) is 4.72. The molecule has 2 heterocycles. The molecule has 5 rings (SSSR count). The summed E-state index contributed by atoms with van der Waals surface area (Å²) in [6.07, 6.45) is 2.79. The van der Waals surface area contributed by atoms with E-state index < -0.39 is 12.0 Å². The molecule has 3 aromatic carbocycles. The van der Waals surface area contributed by atoms with E-state index in [0.717, 1.165) is 28.9 Å². The van der Waals surface area contributed by atoms with Crippen molar-refractivity contribution in [3.8, 4) is 5.75 Å². The van der Waals surface area contributed by atoms with E-state index in [0.29, 0.717) is 27.2 Å². The Morgan fingerprint density at radius 2 is 1.66 bits per heavy atom. The largest absolute Gasteiger partial charge is 0.494 e. The van der Waals surface area contributed by atoms with Crippen molar-refractivity contribution in [1.82, 2.24) is 4.57 Å². The molecule has 1 aliphatic heterocycles. The number of nitrogens with zero attached hydrogens (tertiary/aromatic N) is 2. The van der Waals surface area contributed by atoms with Crippen molar-refractivity contribution in [3.05, 3.63) is 127 Å². The van der Waals surface area contributed by atoms with Gasteiger partial charge in [0.05, 0.1) is 35.1 Å². The first-order valence-electron chi connectivity index (χ1n) is 12.7. The highest BCUT2D eigenvalue weighted by atomic mass is 32.1. The summed E-state index contributed by atoms with van der Waals surface area (Å²) in [5.41, 5.74) is 3.13. The number of thiazole rings is 1. The molecule has 4 aromatic rings. The summed E-state index contributed by atoms with van der Waals surface area (Å²) in [7, 11) is 0. The molecule has 38 heavy (non-hydrogen) atoms. The summed E-state index contributed by atoms with van der Waals surface area (Å²) in [5, 5.41) is 0. The summed E-state index contributed by atoms with van der Waals surface area (Å²) in [6.45, 7) is 4.71. The van der Waals surface area contributed by atoms with E-state index in [1.54, 1.807) is 11.5 Å². The van der Waals surface area contributed by atoms with Gasteiger partial charge in [0.1, 0.15) is 5.75 Å². The van der Waals surface area contributed by atoms with Crippen LogP contribution < -0.4 is 19.6 Å². The van der Waals surface area contributed by atoms with Crippen molar-refractivity contribution in [1.29, 1.82) is 0 Å². The van der Waals surface area contributed by atoms with Gasteiger partial charge in [0.15, 0.2) is 4.80 Å². The number of ether oxygens (including phenoxy) is 2. The molecule has 0 radical (unpaired) electrons. The van der Waals surface area contributed by atoms with E-state index in [1.165, 1.54) is 11.3 Å². The number of hydrogen-bond donors (Lipinski definition) is 0. The van der Waals surface area contributed by atoms with Crippen LogP contribution in [0.25, 0.3) is 11.8 Å². The molecule has 0 fully saturated rings. The molecule has 0 saturated carbocycles. The van der Waals surface area contributed by atoms with Gasteiger partial charge in [-0.2, -0.15) is 0 Å². The molecule has 0 spiro atoms. The first kappa shape index (κ1) is 25.4. The lowest BCUT2D eigenvalue weighted by Crippen LogP contribution is -2.39. The van der Waals surface area contributed by atoms with E-state index in [1.807, 2.05) is 91.0 Å². The number of benzene rings is 3. The van der Waals surface area contributed by atoms with Gasteiger partial charge in [-0.25, -0.2) is 9.79 Å². The number of fused-ring (bicyclic) bond motifs is 1. The quantitative estimate of drug-likeness (QED) is 0.313. The summed E-state index contributed by atoms with van der Waals surface area (Å²) in [4.78, 5) is 32.7. The van der Waals surface area contributed by atoms with Crippen molar-refractivity contribution in [2.45, 2.75) is 26.3 Å². The smallest absolute Gasteiger partial charge is 0.338 e. The highest BCUT2D eigenvalue weighted by molar-refractivity contribution is 7.07. The molecule has 0 saturated heterocycles. The van der Waals surface area contributed by atoms with E-state index in [2.05, 4.69) is 6.92 Å². The standard InChI is InChI=1S/C31H28N2O4S/c1-3-19-37-24-17-15-21(16-18-24)20-25-29(34)33-28(23-13-9-6-10-14-23)26(30(35)36-4-2)27(32-31(33)38-25)22-11-7-5-8-12-22/h5-18,20,28H,3-4,19H2,1-2H3/b25-20-/t28-/m1/s1. The number of carbonyl (C=O) groups excluding carboxylic acids is 1. The molecule has 0 unspecified atom stereocenters. The first-order chi connectivity index (χ1) is 18.6. The number of aromatic nitrogens is 1. The zero-order valence-corrected chi connectivity index (χ0v) is 22.1. The minimum atomic E-state index is -0.673. The van der Waals surface area contributed by atoms with Crippen LogP contribution in [-0.4, -0.2) is 23.8 Å². The Labute approximate surface area is 224 Å². The highest BCUT2D eigenvalue weighted by Crippen LogP contribution is 2.35. The fourth-order valence-corrected chi connectivity index (χ4v) is 5.42. The third-order valence-corrected chi connectivity index (χ3v) is 7.12. The van der Waals surface area contributed by atoms with Crippen LogP contribution in [0.1, 0.15) is 43.0 Å². The van der Waals surface area contributed by atoms with Gasteiger partial charge in [0.25, 0.3) is 5.56 Å². The Hall–Kier alpha value is -4.23. The second kappa shape index (κ2) is 11.4. The number of rotatable bonds is 8. The van der Waals surface area contributed by atoms with Gasteiger partial charge in [0.2, 0.25) is 0 Å². The van der Waals surface area contributed by atoms with Crippen LogP contribution in [0.4, 0.5) is 0 Å². The van der Waals surface area contributed by atoms with Crippen molar-refractivity contribution < 1.29 is 14.3 Å². The Morgan fingerprint density at radius 1 is 0.974 bits per heavy atom. The number of hydrogen-bond acceptors (Lipinski definition) is 6. The lowest BCUT2D eigenvalue weighted by Gasteiger charge is -2.25. The second-order valence-corrected chi connectivity index (χ2v) is 9.77. The highest BCUT2D eigenvalue weighted by Gasteiger charge is 2.35. The van der Waals surface area contributed by atoms with Crippen LogP contribution in [0.2, 0.25) is 0 Å². The van der Waals surface area contributed by atoms with Crippen molar-refractivity contribution in [2.75, 3.05) is 13.2 Å². The Morgan fingerprint density at radius 3 is 2.32 bits per heavy atom. The van der Waals surface area contributed by atoms with Crippen LogP contribution in [0.15, 0.2) is 100 Å². The van der Waals surface area contributed by atoms with Gasteiger partial charge >= 0.3 is 5.97 Å². The van der Waals surface area contributed by atoms with E-state index in [-0.39, 0.29) is 12.2 Å². The van der Waals surface area contributed by atoms with Crippen LogP contribution in [-0.2, 0) is 9.53 Å². The fraction of sp³-hybridized carbons (Fsp3) is 0.194. The minimum absolute atomic E-state index is 0.206. The average Bonchev–Trinajstić information content (AvgIpc) is 3.27. The second-order valence-electron chi connectivity index (χ2n) is 8.76. The van der Waals surface area contributed by atoms with Gasteiger partial charge in [-0.3, -0.25) is 9.36 Å². The Balaban J connectivity index is 1.72. The molecule has 0 bridgehead atoms. The van der Waals surface area contributed by atoms with Gasteiger partial charge in [-0.05, 0) is 42.7 Å². The molecule has 0 amide bonds. The molecule has 7 heteroatoms. The van der Waals surface area contributed by atoms with Crippen molar-refractivity contribution in [2.24, 2.45) is 4.99 Å². The summed E-state index contributed by atoms with van der Waals surface area (Å²) in [6, 6.07) is 26.1. The molecule has 1 atom stereocenters. The van der Waals surface area contributed by atoms with E-state index in [9.17, 15) is 9.59 Å². The predicted molar refractivity (Wildman–Crippen MR) is 150 cm³/mol. The van der Waals surface area contributed by atoms with Crippen LogP contribution in [0, 0.1) is 0 Å². The third-order valence-electron chi connectivity index (χ3n) is 6.14.